The van der Waals surface area contributed by atoms with E-state index in [9.17, 15) is 30.0 Å². The Morgan fingerprint density at radius 1 is 0.946 bits per heavy atom. The van der Waals surface area contributed by atoms with Gasteiger partial charge in [-0.05, 0) is 69.3 Å². The van der Waals surface area contributed by atoms with Gasteiger partial charge >= 0.3 is 17.9 Å². The minimum absolute atomic E-state index is 0.0284. The van der Waals surface area contributed by atoms with Gasteiger partial charge in [-0.2, -0.15) is 0 Å². The second-order valence-electron chi connectivity index (χ2n) is 19.4. The average molecular weight is 779 g/mol. The third kappa shape index (κ3) is 5.06. The Morgan fingerprint density at radius 3 is 2.38 bits per heavy atom. The van der Waals surface area contributed by atoms with E-state index in [0.29, 0.717) is 18.4 Å². The first-order chi connectivity index (χ1) is 26.3. The number of aliphatic hydroxyl groups is 4. The lowest BCUT2D eigenvalue weighted by molar-refractivity contribution is -0.595. The minimum atomic E-state index is -2.05. The normalized spacial score (nSPS) is 54.0. The number of carbonyl (C=O) groups excluding carboxylic acids is 2. The van der Waals surface area contributed by atoms with Crippen LogP contribution in [0.4, 0.5) is 0 Å². The Morgan fingerprint density at radius 2 is 1.66 bits per heavy atom. The van der Waals surface area contributed by atoms with Crippen molar-refractivity contribution in [2.24, 2.45) is 47.3 Å². The highest BCUT2D eigenvalue weighted by Gasteiger charge is 2.90. The number of hydrogen-bond acceptors (Lipinski definition) is 12. The third-order valence-electron chi connectivity index (χ3n) is 15.7. The summed E-state index contributed by atoms with van der Waals surface area (Å²) in [4.78, 5) is 26.7. The van der Waals surface area contributed by atoms with Crippen LogP contribution in [-0.4, -0.2) is 97.0 Å². The van der Waals surface area contributed by atoms with Crippen molar-refractivity contribution in [2.45, 2.75) is 151 Å². The van der Waals surface area contributed by atoms with Gasteiger partial charge in [-0.15, -0.1) is 0 Å². The van der Waals surface area contributed by atoms with E-state index < -0.39 is 100 Å². The summed E-state index contributed by atoms with van der Waals surface area (Å²) in [5.41, 5.74) is -7.95. The SMILES string of the molecule is CC(C)CC(=O)OC1C=CC=CC(=O)OC2C(C)CC3C2(O)C(O)C2(C)OC2C2C4OC5(c6ccccc6)OC(C(C)C23O5)C4(O)C(C)(O)CC2CCC1C2C. The quantitative estimate of drug-likeness (QED) is 0.256. The van der Waals surface area contributed by atoms with Gasteiger partial charge in [0.2, 0.25) is 0 Å². The number of carbonyl (C=O) groups is 2. The molecule has 5 aliphatic heterocycles. The molecule has 4 N–H and O–H groups in total. The van der Waals surface area contributed by atoms with Gasteiger partial charge in [-0.3, -0.25) is 4.79 Å². The number of ether oxygens (including phenoxy) is 6. The zero-order valence-electron chi connectivity index (χ0n) is 33.4. The highest BCUT2D eigenvalue weighted by Crippen LogP contribution is 2.75. The van der Waals surface area contributed by atoms with Gasteiger partial charge in [0.1, 0.15) is 47.3 Å². The molecular weight excluding hydrogens is 720 g/mol. The monoisotopic (exact) mass is 778 g/mol. The number of fused-ring (bicyclic) bond motifs is 3. The van der Waals surface area contributed by atoms with Gasteiger partial charge in [-0.25, -0.2) is 4.79 Å². The molecule has 9 aliphatic rings. The van der Waals surface area contributed by atoms with Crippen LogP contribution < -0.4 is 0 Å². The highest BCUT2D eigenvalue weighted by molar-refractivity contribution is 5.82. The van der Waals surface area contributed by atoms with Crippen molar-refractivity contribution in [3.8, 4) is 0 Å². The fourth-order valence-electron chi connectivity index (χ4n) is 13.0. The zero-order valence-corrected chi connectivity index (χ0v) is 33.4. The number of aliphatic hydroxyl groups excluding tert-OH is 1. The van der Waals surface area contributed by atoms with Gasteiger partial charge in [0.25, 0.3) is 0 Å². The Kier molecular flexibility index (Phi) is 8.78. The smallest absolute Gasteiger partial charge is 0.331 e. The maximum atomic E-state index is 13.7. The molecule has 10 rings (SSSR count). The van der Waals surface area contributed by atoms with E-state index in [4.69, 9.17) is 28.4 Å². The van der Waals surface area contributed by atoms with Gasteiger partial charge in [-0.1, -0.05) is 77.1 Å². The summed E-state index contributed by atoms with van der Waals surface area (Å²) < 4.78 is 39.8. The van der Waals surface area contributed by atoms with E-state index in [-0.39, 0.29) is 42.5 Å². The van der Waals surface area contributed by atoms with Crippen LogP contribution >= 0.6 is 0 Å². The molecule has 10 bridgehead atoms. The van der Waals surface area contributed by atoms with E-state index in [1.54, 1.807) is 32.1 Å². The molecule has 0 aromatic heterocycles. The molecule has 1 aromatic rings. The molecule has 306 valence electrons. The molecule has 56 heavy (non-hydrogen) atoms. The molecule has 4 saturated carbocycles. The number of epoxide rings is 1. The maximum absolute atomic E-state index is 13.7. The van der Waals surface area contributed by atoms with Crippen molar-refractivity contribution >= 4 is 11.9 Å². The molecular formula is C44H58O12. The zero-order chi connectivity index (χ0) is 40.0. The van der Waals surface area contributed by atoms with E-state index in [0.717, 1.165) is 6.42 Å². The summed E-state index contributed by atoms with van der Waals surface area (Å²) in [6.45, 7) is 13.2. The summed E-state index contributed by atoms with van der Waals surface area (Å²) in [6.07, 6.45) is 2.26. The predicted octanol–water partition coefficient (Wildman–Crippen LogP) is 4.07. The van der Waals surface area contributed by atoms with E-state index >= 15 is 0 Å². The summed E-state index contributed by atoms with van der Waals surface area (Å²) >= 11 is 0. The van der Waals surface area contributed by atoms with Crippen LogP contribution in [0.3, 0.4) is 0 Å². The minimum Gasteiger partial charge on any atom is -0.458 e. The van der Waals surface area contributed by atoms with Crippen molar-refractivity contribution in [3.05, 3.63) is 60.2 Å². The summed E-state index contributed by atoms with van der Waals surface area (Å²) in [6, 6.07) is 9.19. The van der Waals surface area contributed by atoms with E-state index in [1.165, 1.54) is 6.08 Å². The fourth-order valence-corrected chi connectivity index (χ4v) is 13.0. The Bertz CT molecular complexity index is 1810. The highest BCUT2D eigenvalue weighted by atomic mass is 16.9. The van der Waals surface area contributed by atoms with Crippen LogP contribution in [0.15, 0.2) is 54.6 Å². The van der Waals surface area contributed by atoms with Crippen LogP contribution in [0.5, 0.6) is 0 Å². The van der Waals surface area contributed by atoms with Crippen molar-refractivity contribution in [1.82, 2.24) is 0 Å². The van der Waals surface area contributed by atoms with Crippen LogP contribution in [0.2, 0.25) is 0 Å². The lowest BCUT2D eigenvalue weighted by Gasteiger charge is -2.74. The molecule has 0 radical (unpaired) electrons. The molecule has 4 aliphatic carbocycles. The average Bonchev–Trinajstić information content (AvgIpc) is 3.61. The Balaban J connectivity index is 1.21. The summed E-state index contributed by atoms with van der Waals surface area (Å²) in [7, 11) is 0. The second kappa shape index (κ2) is 12.7. The molecule has 19 unspecified atom stereocenters. The summed E-state index contributed by atoms with van der Waals surface area (Å²) in [5, 5.41) is 52.1. The van der Waals surface area contributed by atoms with Crippen molar-refractivity contribution in [1.29, 1.82) is 0 Å². The second-order valence-corrected chi connectivity index (χ2v) is 19.4. The maximum Gasteiger partial charge on any atom is 0.331 e. The Labute approximate surface area is 328 Å². The van der Waals surface area contributed by atoms with Gasteiger partial charge in [0, 0.05) is 41.7 Å². The van der Waals surface area contributed by atoms with Crippen LogP contribution in [0.1, 0.15) is 86.1 Å². The first-order valence-corrected chi connectivity index (χ1v) is 20.7. The standard InChI is InChI=1S/C44H58O12/c1-22(2)19-32(46)51-29-15-11-12-16-31(45)52-34-23(3)20-30-41(34,49)38(47)40(7)36(53-40)33-37-43(50,39(6,48)21-26-17-18-28(29)24(26)4)35-25(5)42(30,33)56-44(54-35,55-37)27-13-9-8-10-14-27/h8-16,22-26,28-30,33-38,47-50H,17-21H2,1-7H3. The van der Waals surface area contributed by atoms with Crippen LogP contribution in [-0.2, 0) is 44.0 Å². The van der Waals surface area contributed by atoms with Crippen molar-refractivity contribution in [3.63, 3.8) is 0 Å². The van der Waals surface area contributed by atoms with Crippen molar-refractivity contribution < 1.29 is 58.4 Å². The number of rotatable bonds is 4. The number of esters is 2. The molecule has 19 atom stereocenters. The predicted molar refractivity (Wildman–Crippen MR) is 199 cm³/mol. The van der Waals surface area contributed by atoms with E-state index in [1.807, 2.05) is 58.0 Å². The lowest BCUT2D eigenvalue weighted by Crippen LogP contribution is -2.89. The molecule has 12 nitrogen and oxygen atoms in total. The molecule has 5 heterocycles. The fraction of sp³-hybridized carbons (Fsp3) is 0.727. The lowest BCUT2D eigenvalue weighted by atomic mass is 9.49. The number of hydrogen-bond donors (Lipinski definition) is 4. The molecule has 12 heteroatoms. The van der Waals surface area contributed by atoms with Crippen LogP contribution in [0.25, 0.3) is 0 Å². The molecule has 1 aromatic carbocycles. The Hall–Kier alpha value is -2.68. The van der Waals surface area contributed by atoms with Gasteiger partial charge < -0.3 is 48.8 Å². The van der Waals surface area contributed by atoms with Gasteiger partial charge in [0.05, 0.1) is 17.3 Å². The van der Waals surface area contributed by atoms with Gasteiger partial charge in [0.15, 0.2) is 0 Å². The first-order valence-electron chi connectivity index (χ1n) is 20.7. The van der Waals surface area contributed by atoms with Crippen LogP contribution in [0, 0.1) is 47.3 Å². The molecule has 8 fully saturated rings. The topological polar surface area (TPSA) is 174 Å². The molecule has 1 spiro atoms. The third-order valence-corrected chi connectivity index (χ3v) is 15.7. The van der Waals surface area contributed by atoms with Crippen molar-refractivity contribution in [2.75, 3.05) is 0 Å². The summed E-state index contributed by atoms with van der Waals surface area (Å²) in [5.74, 6) is -5.65. The molecule has 4 saturated heterocycles. The largest absolute Gasteiger partial charge is 0.458 e. The van der Waals surface area contributed by atoms with E-state index in [2.05, 4.69) is 6.92 Å². The first kappa shape index (κ1) is 38.8. The number of benzene rings is 1. The molecule has 0 amide bonds. The number of allylic oxidation sites excluding steroid dienone is 2.